The summed E-state index contributed by atoms with van der Waals surface area (Å²) in [6.45, 7) is 17.7. The van der Waals surface area contributed by atoms with Crippen molar-refractivity contribution in [3.8, 4) is 0 Å². The first kappa shape index (κ1) is 23.6. The van der Waals surface area contributed by atoms with Gasteiger partial charge < -0.3 is 19.4 Å². The number of hydrogen-bond donors (Lipinski definition) is 1. The van der Waals surface area contributed by atoms with E-state index in [1.54, 1.807) is 9.47 Å². The van der Waals surface area contributed by atoms with Gasteiger partial charge in [-0.1, -0.05) is 20.8 Å². The highest BCUT2D eigenvalue weighted by Gasteiger charge is 2.41. The van der Waals surface area contributed by atoms with E-state index in [0.717, 1.165) is 0 Å². The fourth-order valence-corrected chi connectivity index (χ4v) is 4.99. The molecular formula is C21H36N4O5Si. The molecule has 0 saturated carbocycles. The van der Waals surface area contributed by atoms with Crippen LogP contribution in [0.5, 0.6) is 0 Å². The quantitative estimate of drug-likeness (QED) is 0.696. The summed E-state index contributed by atoms with van der Waals surface area (Å²) in [5, 5.41) is 2.94. The highest BCUT2D eigenvalue weighted by Crippen LogP contribution is 2.37. The normalized spacial score (nSPS) is 19.9. The first-order chi connectivity index (χ1) is 14.1. The first-order valence-electron chi connectivity index (χ1n) is 10.9. The van der Waals surface area contributed by atoms with Gasteiger partial charge in [0.05, 0.1) is 24.9 Å². The minimum atomic E-state index is -2.08. The van der Waals surface area contributed by atoms with Crippen molar-refractivity contribution < 1.29 is 18.8 Å². The molecule has 0 spiro atoms. The highest BCUT2D eigenvalue weighted by molar-refractivity contribution is 6.74. The second-order valence-corrected chi connectivity index (χ2v) is 15.7. The van der Waals surface area contributed by atoms with Gasteiger partial charge in [0.25, 0.3) is 5.91 Å². The lowest BCUT2D eigenvalue weighted by Crippen LogP contribution is -2.48. The molecule has 0 fully saturated rings. The van der Waals surface area contributed by atoms with Crippen LogP contribution in [0.25, 0.3) is 0 Å². The topological polar surface area (TPSA) is 94.8 Å². The van der Waals surface area contributed by atoms with E-state index in [4.69, 9.17) is 9.16 Å². The van der Waals surface area contributed by atoms with Crippen LogP contribution in [0.4, 0.5) is 4.79 Å². The van der Waals surface area contributed by atoms with Crippen LogP contribution in [0, 0.1) is 0 Å². The number of aromatic nitrogens is 2. The van der Waals surface area contributed by atoms with Crippen molar-refractivity contribution in [1.82, 2.24) is 19.4 Å². The van der Waals surface area contributed by atoms with Crippen LogP contribution in [0.15, 0.2) is 4.79 Å². The molecule has 2 aliphatic heterocycles. The molecule has 0 aromatic carbocycles. The molecule has 3 rings (SSSR count). The third-order valence-electron chi connectivity index (χ3n) is 6.28. The molecule has 2 amide bonds. The Hall–Kier alpha value is -2.07. The Balaban J connectivity index is 1.90. The largest absolute Gasteiger partial charge is 0.444 e. The Morgan fingerprint density at radius 1 is 1.06 bits per heavy atom. The second-order valence-electron chi connectivity index (χ2n) is 11.0. The van der Waals surface area contributed by atoms with Crippen molar-refractivity contribution in [3.05, 3.63) is 21.9 Å². The van der Waals surface area contributed by atoms with Crippen LogP contribution < -0.4 is 11.0 Å². The first-order valence-corrected chi connectivity index (χ1v) is 13.8. The number of fused-ring (bicyclic) bond motifs is 3. The van der Waals surface area contributed by atoms with Crippen LogP contribution >= 0.6 is 0 Å². The number of carbonyl (C=O) groups is 2. The van der Waals surface area contributed by atoms with Gasteiger partial charge in [-0.2, -0.15) is 0 Å². The number of ether oxygens (including phenoxy) is 1. The third kappa shape index (κ3) is 4.74. The van der Waals surface area contributed by atoms with E-state index in [9.17, 15) is 14.4 Å². The van der Waals surface area contributed by atoms with Crippen LogP contribution in [-0.2, 0) is 28.8 Å². The van der Waals surface area contributed by atoms with Crippen molar-refractivity contribution in [2.45, 2.75) is 91.0 Å². The molecule has 31 heavy (non-hydrogen) atoms. The van der Waals surface area contributed by atoms with E-state index < -0.39 is 20.0 Å². The summed E-state index contributed by atoms with van der Waals surface area (Å²) in [6.07, 6.45) is -0.727. The van der Waals surface area contributed by atoms with E-state index in [-0.39, 0.29) is 29.3 Å². The molecule has 10 heteroatoms. The standard InChI is InChI=1S/C21H36N4O5Si/c1-20(2,3)29-19(28)23-9-10-24-15(13-23)16-17(26)22-11-14(12-25(16)18(24)27)30-31(7,8)21(4,5)6/h14H,9-13H2,1-8H3,(H,22,26). The average Bonchev–Trinajstić information content (AvgIpc) is 2.77. The van der Waals surface area contributed by atoms with Crippen molar-refractivity contribution in [1.29, 1.82) is 0 Å². The molecule has 1 unspecified atom stereocenters. The summed E-state index contributed by atoms with van der Waals surface area (Å²) >= 11 is 0. The van der Waals surface area contributed by atoms with Gasteiger partial charge >= 0.3 is 11.8 Å². The predicted molar refractivity (Wildman–Crippen MR) is 120 cm³/mol. The Kier molecular flexibility index (Phi) is 5.94. The molecule has 0 radical (unpaired) electrons. The lowest BCUT2D eigenvalue weighted by Gasteiger charge is -2.39. The molecule has 0 saturated heterocycles. The molecule has 3 heterocycles. The minimum absolute atomic E-state index is 0.0189. The van der Waals surface area contributed by atoms with Crippen molar-refractivity contribution in [2.24, 2.45) is 0 Å². The lowest BCUT2D eigenvalue weighted by atomic mass is 10.2. The molecule has 174 valence electrons. The number of hydrogen-bond acceptors (Lipinski definition) is 5. The van der Waals surface area contributed by atoms with E-state index in [1.165, 1.54) is 4.57 Å². The molecule has 0 aliphatic carbocycles. The summed E-state index contributed by atoms with van der Waals surface area (Å²) in [5.74, 6) is -0.307. The van der Waals surface area contributed by atoms with Crippen LogP contribution in [0.3, 0.4) is 0 Å². The van der Waals surface area contributed by atoms with Gasteiger partial charge in [0.15, 0.2) is 8.32 Å². The van der Waals surface area contributed by atoms with Crippen LogP contribution in [0.2, 0.25) is 18.1 Å². The zero-order chi connectivity index (χ0) is 23.4. The zero-order valence-electron chi connectivity index (χ0n) is 20.0. The van der Waals surface area contributed by atoms with E-state index in [2.05, 4.69) is 39.2 Å². The Morgan fingerprint density at radius 2 is 1.71 bits per heavy atom. The fraction of sp³-hybridized carbons (Fsp3) is 0.762. The maximum absolute atomic E-state index is 13.1. The van der Waals surface area contributed by atoms with E-state index in [1.807, 2.05) is 20.8 Å². The molecule has 1 aromatic rings. The van der Waals surface area contributed by atoms with Crippen LogP contribution in [-0.4, -0.2) is 59.1 Å². The maximum atomic E-state index is 13.1. The predicted octanol–water partition coefficient (Wildman–Crippen LogP) is 2.53. The minimum Gasteiger partial charge on any atom is -0.444 e. The zero-order valence-corrected chi connectivity index (χ0v) is 21.0. The van der Waals surface area contributed by atoms with Crippen molar-refractivity contribution in [2.75, 3.05) is 13.1 Å². The summed E-state index contributed by atoms with van der Waals surface area (Å²) in [6, 6.07) is 0. The lowest BCUT2D eigenvalue weighted by molar-refractivity contribution is 0.0196. The Bertz CT molecular complexity index is 935. The molecule has 1 aromatic heterocycles. The molecule has 0 bridgehead atoms. The summed E-state index contributed by atoms with van der Waals surface area (Å²) < 4.78 is 15.1. The van der Waals surface area contributed by atoms with Gasteiger partial charge in [-0.3, -0.25) is 13.9 Å². The van der Waals surface area contributed by atoms with Crippen molar-refractivity contribution >= 4 is 20.3 Å². The smallest absolute Gasteiger partial charge is 0.410 e. The number of imidazole rings is 1. The second kappa shape index (κ2) is 7.81. The molecular weight excluding hydrogens is 416 g/mol. The Morgan fingerprint density at radius 3 is 2.29 bits per heavy atom. The van der Waals surface area contributed by atoms with Gasteiger partial charge in [0, 0.05) is 19.6 Å². The average molecular weight is 453 g/mol. The van der Waals surface area contributed by atoms with E-state index in [0.29, 0.717) is 37.6 Å². The molecule has 1 atom stereocenters. The maximum Gasteiger partial charge on any atom is 0.410 e. The highest BCUT2D eigenvalue weighted by atomic mass is 28.4. The van der Waals surface area contributed by atoms with Crippen molar-refractivity contribution in [3.63, 3.8) is 0 Å². The number of amides is 2. The van der Waals surface area contributed by atoms with Gasteiger partial charge in [-0.15, -0.1) is 0 Å². The number of rotatable bonds is 2. The van der Waals surface area contributed by atoms with Gasteiger partial charge in [0.1, 0.15) is 11.3 Å². The summed E-state index contributed by atoms with van der Waals surface area (Å²) in [5.41, 5.74) is 0.0271. The monoisotopic (exact) mass is 452 g/mol. The third-order valence-corrected chi connectivity index (χ3v) is 10.8. The van der Waals surface area contributed by atoms with Crippen LogP contribution in [0.1, 0.15) is 57.7 Å². The Labute approximate surface area is 184 Å². The fourth-order valence-electron chi connectivity index (χ4n) is 3.65. The number of nitrogens with one attached hydrogen (secondary N) is 1. The molecule has 1 N–H and O–H groups in total. The van der Waals surface area contributed by atoms with Gasteiger partial charge in [0.2, 0.25) is 0 Å². The van der Waals surface area contributed by atoms with Gasteiger partial charge in [-0.25, -0.2) is 9.59 Å². The number of nitrogens with zero attached hydrogens (tertiary/aromatic N) is 3. The van der Waals surface area contributed by atoms with Gasteiger partial charge in [-0.05, 0) is 38.9 Å². The summed E-state index contributed by atoms with van der Waals surface area (Å²) in [7, 11) is -2.08. The summed E-state index contributed by atoms with van der Waals surface area (Å²) in [4.78, 5) is 40.2. The molecule has 9 nitrogen and oxygen atoms in total. The van der Waals surface area contributed by atoms with E-state index >= 15 is 0 Å². The number of carbonyl (C=O) groups excluding carboxylic acids is 2. The molecule has 2 aliphatic rings. The SMILES string of the molecule is CC(C)(C)OC(=O)N1CCn2c(c3n(c2=O)CC(O[Si](C)(C)C(C)(C)C)CNC3=O)C1.